The quantitative estimate of drug-likeness (QED) is 0.418. The molecule has 1 aromatic heterocycles. The molecular weight excluding hydrogens is 530 g/mol. The highest BCUT2D eigenvalue weighted by molar-refractivity contribution is 7.92. The Kier molecular flexibility index (Phi) is 8.95. The number of pyridine rings is 1. The normalized spacial score (nSPS) is 18.6. The van der Waals surface area contributed by atoms with Crippen LogP contribution in [0.5, 0.6) is 5.75 Å². The second-order valence-electron chi connectivity index (χ2n) is 9.40. The Morgan fingerprint density at radius 3 is 2.58 bits per heavy atom. The molecule has 198 valence electrons. The van der Waals surface area contributed by atoms with Crippen LogP contribution in [-0.2, 0) is 14.8 Å². The Morgan fingerprint density at radius 1 is 1.25 bits per heavy atom. The first kappa shape index (κ1) is 28.3. The summed E-state index contributed by atoms with van der Waals surface area (Å²) in [5, 5.41) is 2.74. The number of nitrogens with one attached hydrogen (secondary N) is 2. The fourth-order valence-electron chi connectivity index (χ4n) is 4.19. The minimum Gasteiger partial charge on any atom is -0.476 e. The second kappa shape index (κ2) is 11.4. The highest BCUT2D eigenvalue weighted by atomic mass is 35.5. The van der Waals surface area contributed by atoms with Crippen molar-refractivity contribution >= 4 is 50.6 Å². The Hall–Kier alpha value is -2.30. The maximum atomic E-state index is 13.6. The van der Waals surface area contributed by atoms with Crippen molar-refractivity contribution in [2.75, 3.05) is 22.4 Å². The zero-order valence-corrected chi connectivity index (χ0v) is 23.0. The van der Waals surface area contributed by atoms with Gasteiger partial charge in [-0.25, -0.2) is 17.8 Å². The van der Waals surface area contributed by atoms with Crippen LogP contribution in [-0.4, -0.2) is 49.8 Å². The van der Waals surface area contributed by atoms with Crippen LogP contribution in [0.15, 0.2) is 30.5 Å². The first-order chi connectivity index (χ1) is 16.8. The van der Waals surface area contributed by atoms with E-state index in [0.717, 1.165) is 31.0 Å². The third-order valence-electron chi connectivity index (χ3n) is 5.93. The Bertz CT molecular complexity index is 1200. The van der Waals surface area contributed by atoms with E-state index in [-0.39, 0.29) is 33.8 Å². The highest BCUT2D eigenvalue weighted by Gasteiger charge is 2.35. The van der Waals surface area contributed by atoms with Crippen molar-refractivity contribution in [3.8, 4) is 5.75 Å². The van der Waals surface area contributed by atoms with Crippen LogP contribution in [0.25, 0.3) is 0 Å². The van der Waals surface area contributed by atoms with Gasteiger partial charge in [0, 0.05) is 18.6 Å². The number of amides is 1. The minimum absolute atomic E-state index is 0.0772. The number of hydrogen-bond donors (Lipinski definition) is 2. The summed E-state index contributed by atoms with van der Waals surface area (Å²) in [6.07, 6.45) is 5.85. The molecule has 12 heteroatoms. The van der Waals surface area contributed by atoms with Crippen LogP contribution in [0.4, 0.5) is 15.9 Å². The summed E-state index contributed by atoms with van der Waals surface area (Å²) in [7, 11) is -3.38. The summed E-state index contributed by atoms with van der Waals surface area (Å²) in [6, 6.07) is 6.03. The van der Waals surface area contributed by atoms with Gasteiger partial charge in [-0.1, -0.05) is 36.5 Å². The van der Waals surface area contributed by atoms with Crippen molar-refractivity contribution in [2.45, 2.75) is 64.1 Å². The van der Waals surface area contributed by atoms with E-state index >= 15 is 0 Å². The summed E-state index contributed by atoms with van der Waals surface area (Å²) < 4.78 is 44.7. The fraction of sp³-hybridized carbons (Fsp3) is 0.500. The van der Waals surface area contributed by atoms with Crippen molar-refractivity contribution in [3.05, 3.63) is 46.3 Å². The van der Waals surface area contributed by atoms with Crippen molar-refractivity contribution in [1.82, 2.24) is 10.3 Å². The van der Waals surface area contributed by atoms with Gasteiger partial charge in [-0.3, -0.25) is 9.52 Å². The van der Waals surface area contributed by atoms with Crippen LogP contribution in [0.3, 0.4) is 0 Å². The average molecular weight is 562 g/mol. The first-order valence-electron chi connectivity index (χ1n) is 11.6. The molecule has 36 heavy (non-hydrogen) atoms. The van der Waals surface area contributed by atoms with Crippen LogP contribution in [0.2, 0.25) is 10.0 Å². The number of hydrogen-bond acceptors (Lipinski definition) is 6. The van der Waals surface area contributed by atoms with Gasteiger partial charge < -0.3 is 15.0 Å². The first-order valence-corrected chi connectivity index (χ1v) is 14.3. The van der Waals surface area contributed by atoms with Gasteiger partial charge >= 0.3 is 0 Å². The number of benzene rings is 1. The van der Waals surface area contributed by atoms with Gasteiger partial charge in [0.2, 0.25) is 10.0 Å². The van der Waals surface area contributed by atoms with E-state index in [0.29, 0.717) is 25.1 Å². The molecule has 3 rings (SSSR count). The van der Waals surface area contributed by atoms with Crippen LogP contribution in [0.1, 0.15) is 46.5 Å². The van der Waals surface area contributed by atoms with Gasteiger partial charge in [0.05, 0.1) is 23.2 Å². The minimum atomic E-state index is -3.38. The second-order valence-corrected chi connectivity index (χ2v) is 11.9. The third kappa shape index (κ3) is 7.14. The Balaban J connectivity index is 1.66. The topological polar surface area (TPSA) is 101 Å². The summed E-state index contributed by atoms with van der Waals surface area (Å²) in [4.78, 5) is 19.7. The van der Waals surface area contributed by atoms with E-state index in [1.165, 1.54) is 12.3 Å². The number of halogens is 3. The molecule has 1 aromatic carbocycles. The molecule has 2 unspecified atom stereocenters. The molecule has 0 aliphatic carbocycles. The number of piperidine rings is 1. The molecule has 1 saturated heterocycles. The van der Waals surface area contributed by atoms with E-state index in [1.807, 2.05) is 0 Å². The van der Waals surface area contributed by atoms with E-state index in [9.17, 15) is 17.6 Å². The van der Waals surface area contributed by atoms with Crippen molar-refractivity contribution < 1.29 is 22.3 Å². The predicted octanol–water partition coefficient (Wildman–Crippen LogP) is 5.01. The molecule has 0 saturated carbocycles. The lowest BCUT2D eigenvalue weighted by Crippen LogP contribution is -2.55. The zero-order valence-electron chi connectivity index (χ0n) is 20.6. The van der Waals surface area contributed by atoms with Gasteiger partial charge in [0.15, 0.2) is 5.60 Å². The number of rotatable bonds is 9. The number of nitrogens with zero attached hydrogens (tertiary/aromatic N) is 2. The number of aromatic nitrogens is 1. The van der Waals surface area contributed by atoms with Gasteiger partial charge in [-0.2, -0.15) is 0 Å². The lowest BCUT2D eigenvalue weighted by atomic mass is 9.93. The Morgan fingerprint density at radius 2 is 1.97 bits per heavy atom. The van der Waals surface area contributed by atoms with E-state index < -0.39 is 21.4 Å². The monoisotopic (exact) mass is 560 g/mol. The molecule has 2 atom stereocenters. The largest absolute Gasteiger partial charge is 0.476 e. The lowest BCUT2D eigenvalue weighted by molar-refractivity contribution is -0.135. The summed E-state index contributed by atoms with van der Waals surface area (Å²) in [5.74, 6) is -0.103. The molecule has 1 aliphatic heterocycles. The number of ether oxygens (including phenoxy) is 1. The van der Waals surface area contributed by atoms with Crippen molar-refractivity contribution in [3.63, 3.8) is 0 Å². The van der Waals surface area contributed by atoms with Crippen LogP contribution < -0.4 is 19.7 Å². The molecule has 0 radical (unpaired) electrons. The molecular formula is C24H31Cl2FN4O4S. The molecule has 2 aromatic rings. The summed E-state index contributed by atoms with van der Waals surface area (Å²) >= 11 is 12.0. The average Bonchev–Trinajstić information content (AvgIpc) is 2.79. The van der Waals surface area contributed by atoms with Gasteiger partial charge in [0.1, 0.15) is 22.4 Å². The molecule has 1 amide bonds. The van der Waals surface area contributed by atoms with Gasteiger partial charge in [-0.05, 0) is 57.4 Å². The standard InChI is InChI=1S/C24H31Cl2FN4O4S/c1-5-6-17-13-15(11-12-31(17)20-10-7-16(14-28-20)30-36(4,33)34)29-23(32)24(2,3)35-19-9-8-18(27)21(25)22(19)26/h7-10,14-15,17,30H,5-6,11-13H2,1-4H3,(H,29,32). The molecule has 1 aliphatic rings. The van der Waals surface area contributed by atoms with Crippen molar-refractivity contribution in [1.29, 1.82) is 0 Å². The van der Waals surface area contributed by atoms with E-state index in [1.54, 1.807) is 26.0 Å². The van der Waals surface area contributed by atoms with Gasteiger partial charge in [0.25, 0.3) is 5.91 Å². The maximum absolute atomic E-state index is 13.6. The van der Waals surface area contributed by atoms with E-state index in [2.05, 4.69) is 26.8 Å². The fourth-order valence-corrected chi connectivity index (χ4v) is 5.09. The molecule has 1 fully saturated rings. The van der Waals surface area contributed by atoms with Crippen molar-refractivity contribution in [2.24, 2.45) is 0 Å². The smallest absolute Gasteiger partial charge is 0.263 e. The van der Waals surface area contributed by atoms with Gasteiger partial charge in [-0.15, -0.1) is 0 Å². The maximum Gasteiger partial charge on any atom is 0.263 e. The number of carbonyl (C=O) groups is 1. The SMILES string of the molecule is CCCC1CC(NC(=O)C(C)(C)Oc2ccc(F)c(Cl)c2Cl)CCN1c1ccc(NS(C)(=O)=O)cn1. The molecule has 8 nitrogen and oxygen atoms in total. The summed E-state index contributed by atoms with van der Waals surface area (Å²) in [6.45, 7) is 6.00. The zero-order chi connectivity index (χ0) is 26.7. The number of carbonyl (C=O) groups excluding carboxylic acids is 1. The number of anilines is 2. The molecule has 0 bridgehead atoms. The molecule has 2 heterocycles. The van der Waals surface area contributed by atoms with E-state index in [4.69, 9.17) is 27.9 Å². The molecule has 2 N–H and O–H groups in total. The summed E-state index contributed by atoms with van der Waals surface area (Å²) in [5.41, 5.74) is -0.869. The lowest BCUT2D eigenvalue weighted by Gasteiger charge is -2.41. The predicted molar refractivity (Wildman–Crippen MR) is 141 cm³/mol. The number of sulfonamides is 1. The third-order valence-corrected chi connectivity index (χ3v) is 7.38. The highest BCUT2D eigenvalue weighted by Crippen LogP contribution is 2.36. The molecule has 0 spiro atoms. The van der Waals surface area contributed by atoms with Crippen LogP contribution in [0, 0.1) is 5.82 Å². The Labute approximate surface area is 221 Å². The van der Waals surface area contributed by atoms with Crippen LogP contribution >= 0.6 is 23.2 Å².